The third-order valence-corrected chi connectivity index (χ3v) is 2.49. The average molecular weight is 307 g/mol. The van der Waals surface area contributed by atoms with E-state index in [9.17, 15) is 26.3 Å². The van der Waals surface area contributed by atoms with Gasteiger partial charge in [-0.2, -0.15) is 13.2 Å². The van der Waals surface area contributed by atoms with Crippen LogP contribution < -0.4 is 4.74 Å². The molecule has 0 fully saturated rings. The molecule has 0 saturated carbocycles. The fraction of sp³-hybridized carbons (Fsp3) is 0.154. The highest BCUT2D eigenvalue weighted by molar-refractivity contribution is 5.70. The Morgan fingerprint density at radius 1 is 0.905 bits per heavy atom. The molecule has 8 heteroatoms. The topological polar surface area (TPSA) is 22.1 Å². The molecule has 2 rings (SSSR count). The van der Waals surface area contributed by atoms with E-state index in [2.05, 4.69) is 9.72 Å². The monoisotopic (exact) mass is 307 g/mol. The lowest BCUT2D eigenvalue weighted by atomic mass is 10.0. The number of hydrogen-bond donors (Lipinski definition) is 0. The number of benzene rings is 1. The van der Waals surface area contributed by atoms with Crippen LogP contribution in [0.4, 0.5) is 26.3 Å². The Kier molecular flexibility index (Phi) is 3.80. The Morgan fingerprint density at radius 3 is 2.19 bits per heavy atom. The van der Waals surface area contributed by atoms with Crippen LogP contribution in [0.2, 0.25) is 0 Å². The molecule has 1 aromatic heterocycles. The Bertz CT molecular complexity index is 635. The van der Waals surface area contributed by atoms with Gasteiger partial charge < -0.3 is 4.74 Å². The largest absolute Gasteiger partial charge is 0.573 e. The number of pyridine rings is 1. The number of rotatable bonds is 2. The first kappa shape index (κ1) is 15.1. The molecule has 1 aromatic carbocycles. The van der Waals surface area contributed by atoms with Crippen LogP contribution >= 0.6 is 0 Å². The number of ether oxygens (including phenoxy) is 1. The molecule has 0 N–H and O–H groups in total. The summed E-state index contributed by atoms with van der Waals surface area (Å²) in [4.78, 5) is 3.41. The molecular formula is C13H7F6NO. The first-order valence-corrected chi connectivity index (χ1v) is 5.54. The van der Waals surface area contributed by atoms with E-state index in [1.807, 2.05) is 0 Å². The van der Waals surface area contributed by atoms with E-state index in [1.54, 1.807) is 0 Å². The minimum Gasteiger partial charge on any atom is -0.405 e. The summed E-state index contributed by atoms with van der Waals surface area (Å²) in [5.74, 6) is -0.592. The van der Waals surface area contributed by atoms with Crippen LogP contribution in [0.25, 0.3) is 11.1 Å². The molecule has 0 radical (unpaired) electrons. The van der Waals surface area contributed by atoms with Gasteiger partial charge >= 0.3 is 12.5 Å². The molecule has 0 aliphatic rings. The second-order valence-corrected chi connectivity index (χ2v) is 4.00. The van der Waals surface area contributed by atoms with Gasteiger partial charge in [0.2, 0.25) is 0 Å². The fourth-order valence-corrected chi connectivity index (χ4v) is 1.66. The van der Waals surface area contributed by atoms with Gasteiger partial charge in [0, 0.05) is 23.5 Å². The Hall–Kier alpha value is -2.25. The molecule has 0 unspecified atom stereocenters. The predicted octanol–water partition coefficient (Wildman–Crippen LogP) is 4.67. The molecule has 0 atom stereocenters. The SMILES string of the molecule is FC(F)(F)Oc1ccccc1-c1cncc(C(F)(F)F)c1. The van der Waals surface area contributed by atoms with Gasteiger partial charge in [-0.1, -0.05) is 18.2 Å². The number of halogens is 6. The van der Waals surface area contributed by atoms with E-state index >= 15 is 0 Å². The summed E-state index contributed by atoms with van der Waals surface area (Å²) in [6, 6.07) is 5.62. The maximum Gasteiger partial charge on any atom is 0.573 e. The van der Waals surface area contributed by atoms with Crippen LogP contribution in [0, 0.1) is 0 Å². The van der Waals surface area contributed by atoms with Gasteiger partial charge in [-0.15, -0.1) is 13.2 Å². The third-order valence-electron chi connectivity index (χ3n) is 2.49. The van der Waals surface area contributed by atoms with Crippen molar-refractivity contribution in [1.82, 2.24) is 4.98 Å². The highest BCUT2D eigenvalue weighted by Gasteiger charge is 2.33. The maximum atomic E-state index is 12.6. The van der Waals surface area contributed by atoms with Crippen molar-refractivity contribution in [2.45, 2.75) is 12.5 Å². The van der Waals surface area contributed by atoms with Crippen molar-refractivity contribution in [2.75, 3.05) is 0 Å². The first-order chi connectivity index (χ1) is 9.67. The van der Waals surface area contributed by atoms with Gasteiger partial charge in [-0.25, -0.2) is 0 Å². The lowest BCUT2D eigenvalue weighted by Crippen LogP contribution is -2.17. The number of nitrogens with zero attached hydrogens (tertiary/aromatic N) is 1. The van der Waals surface area contributed by atoms with Gasteiger partial charge in [0.15, 0.2) is 0 Å². The van der Waals surface area contributed by atoms with E-state index in [0.717, 1.165) is 12.3 Å². The van der Waals surface area contributed by atoms with Crippen molar-refractivity contribution in [3.8, 4) is 16.9 Å². The highest BCUT2D eigenvalue weighted by atomic mass is 19.4. The molecule has 0 aliphatic heterocycles. The van der Waals surface area contributed by atoms with Crippen molar-refractivity contribution < 1.29 is 31.1 Å². The Labute approximate surface area is 115 Å². The molecule has 21 heavy (non-hydrogen) atoms. The van der Waals surface area contributed by atoms with Crippen molar-refractivity contribution in [1.29, 1.82) is 0 Å². The van der Waals surface area contributed by atoms with Crippen LogP contribution in [-0.4, -0.2) is 11.3 Å². The van der Waals surface area contributed by atoms with E-state index in [0.29, 0.717) is 12.3 Å². The highest BCUT2D eigenvalue weighted by Crippen LogP contribution is 2.36. The van der Waals surface area contributed by atoms with Crippen LogP contribution in [0.3, 0.4) is 0 Å². The molecular weight excluding hydrogens is 300 g/mol. The van der Waals surface area contributed by atoms with Crippen molar-refractivity contribution in [3.63, 3.8) is 0 Å². The molecule has 0 bridgehead atoms. The zero-order chi connectivity index (χ0) is 15.7. The molecule has 0 saturated heterocycles. The molecule has 1 heterocycles. The van der Waals surface area contributed by atoms with Crippen LogP contribution in [-0.2, 0) is 6.18 Å². The summed E-state index contributed by atoms with van der Waals surface area (Å²) < 4.78 is 78.5. The standard InChI is InChI=1S/C13H7F6NO/c14-12(15,16)9-5-8(6-20-7-9)10-3-1-2-4-11(10)21-13(17,18)19/h1-7H. The van der Waals surface area contributed by atoms with Crippen LogP contribution in [0.1, 0.15) is 5.56 Å². The number of hydrogen-bond acceptors (Lipinski definition) is 2. The van der Waals surface area contributed by atoms with Crippen molar-refractivity contribution >= 4 is 0 Å². The summed E-state index contributed by atoms with van der Waals surface area (Å²) in [6.07, 6.45) is -7.95. The summed E-state index contributed by atoms with van der Waals surface area (Å²) in [5.41, 5.74) is -1.31. The zero-order valence-corrected chi connectivity index (χ0v) is 10.2. The summed E-state index contributed by atoms with van der Waals surface area (Å²) >= 11 is 0. The van der Waals surface area contributed by atoms with Gasteiger partial charge in [0.25, 0.3) is 0 Å². The predicted molar refractivity (Wildman–Crippen MR) is 61.4 cm³/mol. The summed E-state index contributed by atoms with van der Waals surface area (Å²) in [5, 5.41) is 0. The summed E-state index contributed by atoms with van der Waals surface area (Å²) in [7, 11) is 0. The molecule has 0 spiro atoms. The molecule has 0 amide bonds. The average Bonchev–Trinajstić information content (AvgIpc) is 2.37. The number of alkyl halides is 6. The third kappa shape index (κ3) is 3.87. The Morgan fingerprint density at radius 2 is 1.57 bits per heavy atom. The van der Waals surface area contributed by atoms with Crippen molar-refractivity contribution in [3.05, 3.63) is 48.3 Å². The minimum absolute atomic E-state index is 0.121. The molecule has 112 valence electrons. The van der Waals surface area contributed by atoms with Gasteiger partial charge in [-0.3, -0.25) is 4.98 Å². The second-order valence-electron chi connectivity index (χ2n) is 4.00. The first-order valence-electron chi connectivity index (χ1n) is 5.54. The summed E-state index contributed by atoms with van der Waals surface area (Å²) in [6.45, 7) is 0. The van der Waals surface area contributed by atoms with Crippen molar-refractivity contribution in [2.24, 2.45) is 0 Å². The minimum atomic E-state index is -4.94. The van der Waals surface area contributed by atoms with Crippen LogP contribution in [0.15, 0.2) is 42.7 Å². The lowest BCUT2D eigenvalue weighted by molar-refractivity contribution is -0.274. The smallest absolute Gasteiger partial charge is 0.405 e. The van der Waals surface area contributed by atoms with E-state index in [4.69, 9.17) is 0 Å². The zero-order valence-electron chi connectivity index (χ0n) is 10.2. The maximum absolute atomic E-state index is 12.6. The van der Waals surface area contributed by atoms with E-state index < -0.39 is 23.9 Å². The number of para-hydroxylation sites is 1. The molecule has 2 aromatic rings. The quantitative estimate of drug-likeness (QED) is 0.752. The van der Waals surface area contributed by atoms with Gasteiger partial charge in [0.1, 0.15) is 5.75 Å². The van der Waals surface area contributed by atoms with E-state index in [1.165, 1.54) is 18.2 Å². The van der Waals surface area contributed by atoms with Gasteiger partial charge in [-0.05, 0) is 12.1 Å². The lowest BCUT2D eigenvalue weighted by Gasteiger charge is -2.14. The van der Waals surface area contributed by atoms with E-state index in [-0.39, 0.29) is 11.1 Å². The Balaban J connectivity index is 2.48. The van der Waals surface area contributed by atoms with Gasteiger partial charge in [0.05, 0.1) is 5.56 Å². The second kappa shape index (κ2) is 5.27. The molecule has 2 nitrogen and oxygen atoms in total. The number of aromatic nitrogens is 1. The van der Waals surface area contributed by atoms with Crippen LogP contribution in [0.5, 0.6) is 5.75 Å². The fourth-order valence-electron chi connectivity index (χ4n) is 1.66. The normalized spacial score (nSPS) is 12.3. The molecule has 0 aliphatic carbocycles.